The summed E-state index contributed by atoms with van der Waals surface area (Å²) in [6.45, 7) is 0.482. The molecule has 7 heteroatoms. The number of hydrogen-bond donors (Lipinski definition) is 1. The predicted molar refractivity (Wildman–Crippen MR) is 78.5 cm³/mol. The number of nitrogens with zero attached hydrogens (tertiary/aromatic N) is 1. The molecule has 0 radical (unpaired) electrons. The summed E-state index contributed by atoms with van der Waals surface area (Å²) in [6, 6.07) is 3.65. The number of aliphatic carboxylic acids is 1. The Hall–Kier alpha value is -1.08. The van der Waals surface area contributed by atoms with Crippen LogP contribution in [-0.4, -0.2) is 46.0 Å². The molecule has 2 rings (SSSR count). The molecule has 1 N–H and O–H groups in total. The molecule has 1 atom stereocenters. The van der Waals surface area contributed by atoms with Gasteiger partial charge in [-0.2, -0.15) is 11.8 Å². The molecule has 1 aromatic carbocycles. The van der Waals surface area contributed by atoms with Crippen LogP contribution < -0.4 is 0 Å². The van der Waals surface area contributed by atoms with Gasteiger partial charge in [-0.25, -0.2) is 4.39 Å². The molecule has 1 aliphatic heterocycles. The molecule has 1 unspecified atom stereocenters. The summed E-state index contributed by atoms with van der Waals surface area (Å²) in [7, 11) is 0. The van der Waals surface area contributed by atoms with Gasteiger partial charge in [0.05, 0.1) is 12.5 Å². The van der Waals surface area contributed by atoms with E-state index in [2.05, 4.69) is 15.9 Å². The van der Waals surface area contributed by atoms with Crippen molar-refractivity contribution in [3.8, 4) is 0 Å². The fourth-order valence-corrected chi connectivity index (χ4v) is 3.66. The Morgan fingerprint density at radius 1 is 1.45 bits per heavy atom. The maximum absolute atomic E-state index is 13.4. The molecule has 0 aliphatic carbocycles. The molecule has 1 amide bonds. The first-order chi connectivity index (χ1) is 9.47. The van der Waals surface area contributed by atoms with E-state index in [1.807, 2.05) is 0 Å². The van der Waals surface area contributed by atoms with Crippen LogP contribution in [0.3, 0.4) is 0 Å². The van der Waals surface area contributed by atoms with Crippen molar-refractivity contribution in [2.24, 2.45) is 0 Å². The molecule has 0 spiro atoms. The Labute approximate surface area is 128 Å². The third-order valence-corrected chi connectivity index (χ3v) is 4.56. The third-order valence-electron chi connectivity index (χ3n) is 3.01. The summed E-state index contributed by atoms with van der Waals surface area (Å²) < 4.78 is 13.9. The molecule has 108 valence electrons. The van der Waals surface area contributed by atoms with Crippen molar-refractivity contribution in [1.29, 1.82) is 0 Å². The number of carboxylic acid groups (broad SMARTS) is 1. The highest BCUT2D eigenvalue weighted by molar-refractivity contribution is 9.10. The minimum atomic E-state index is -0.935. The molecule has 0 bridgehead atoms. The second-order valence-electron chi connectivity index (χ2n) is 4.48. The van der Waals surface area contributed by atoms with Crippen LogP contribution in [-0.2, 0) is 4.79 Å². The van der Waals surface area contributed by atoms with Crippen molar-refractivity contribution in [1.82, 2.24) is 4.90 Å². The zero-order valence-corrected chi connectivity index (χ0v) is 12.9. The van der Waals surface area contributed by atoms with Gasteiger partial charge in [0.15, 0.2) is 0 Å². The summed E-state index contributed by atoms with van der Waals surface area (Å²) in [5, 5.41) is 8.91. The molecular weight excluding hydrogens is 349 g/mol. The van der Waals surface area contributed by atoms with Gasteiger partial charge in [0.25, 0.3) is 5.91 Å². The highest BCUT2D eigenvalue weighted by atomic mass is 79.9. The zero-order chi connectivity index (χ0) is 14.7. The number of rotatable bonds is 3. The van der Waals surface area contributed by atoms with Gasteiger partial charge in [-0.3, -0.25) is 9.59 Å². The Balaban J connectivity index is 2.22. The summed E-state index contributed by atoms with van der Waals surface area (Å²) in [5.74, 6) is -0.399. The number of benzene rings is 1. The van der Waals surface area contributed by atoms with Crippen LogP contribution >= 0.6 is 27.7 Å². The van der Waals surface area contributed by atoms with Crippen LogP contribution in [0, 0.1) is 5.82 Å². The number of amides is 1. The number of hydrogen-bond acceptors (Lipinski definition) is 3. The van der Waals surface area contributed by atoms with Crippen LogP contribution in [0.5, 0.6) is 0 Å². The highest BCUT2D eigenvalue weighted by Crippen LogP contribution is 2.23. The van der Waals surface area contributed by atoms with E-state index in [-0.39, 0.29) is 23.9 Å². The molecular formula is C13H13BrFNO3S. The van der Waals surface area contributed by atoms with Gasteiger partial charge in [0, 0.05) is 28.1 Å². The maximum atomic E-state index is 13.4. The standard InChI is InChI=1S/C13H13BrFNO3S/c14-9-3-8(4-10(15)5-9)13(19)16-1-2-20-7-11(16)6-12(17)18/h3-5,11H,1-2,6-7H2,(H,17,18). The molecule has 1 aliphatic rings. The van der Waals surface area contributed by atoms with Crippen molar-refractivity contribution in [2.45, 2.75) is 12.5 Å². The number of carbonyl (C=O) groups excluding carboxylic acids is 1. The number of thioether (sulfide) groups is 1. The van der Waals surface area contributed by atoms with Crippen LogP contribution in [0.4, 0.5) is 4.39 Å². The Bertz CT molecular complexity index is 520. The lowest BCUT2D eigenvalue weighted by molar-refractivity contribution is -0.138. The van der Waals surface area contributed by atoms with Crippen LogP contribution in [0.2, 0.25) is 0 Å². The van der Waals surface area contributed by atoms with Crippen LogP contribution in [0.1, 0.15) is 16.8 Å². The van der Waals surface area contributed by atoms with Gasteiger partial charge in [-0.15, -0.1) is 0 Å². The zero-order valence-electron chi connectivity index (χ0n) is 10.5. The predicted octanol–water partition coefficient (Wildman–Crippen LogP) is 2.62. The molecule has 1 fully saturated rings. The summed E-state index contributed by atoms with van der Waals surface area (Å²) in [5.41, 5.74) is 0.235. The topological polar surface area (TPSA) is 57.6 Å². The number of carbonyl (C=O) groups is 2. The molecule has 4 nitrogen and oxygen atoms in total. The lowest BCUT2D eigenvalue weighted by atomic mass is 10.1. The van der Waals surface area contributed by atoms with E-state index in [9.17, 15) is 14.0 Å². The summed E-state index contributed by atoms with van der Waals surface area (Å²) in [6.07, 6.45) is -0.0881. The van der Waals surface area contributed by atoms with E-state index in [1.54, 1.807) is 17.8 Å². The van der Waals surface area contributed by atoms with Crippen molar-refractivity contribution < 1.29 is 19.1 Å². The Kier molecular flexibility index (Phi) is 5.04. The molecule has 1 saturated heterocycles. The quantitative estimate of drug-likeness (QED) is 0.898. The molecule has 0 saturated carbocycles. The SMILES string of the molecule is O=C(O)CC1CSCCN1C(=O)c1cc(F)cc(Br)c1. The molecule has 1 aromatic rings. The van der Waals surface area contributed by atoms with Gasteiger partial charge >= 0.3 is 5.97 Å². The van der Waals surface area contributed by atoms with E-state index in [0.29, 0.717) is 16.8 Å². The largest absolute Gasteiger partial charge is 0.481 e. The smallest absolute Gasteiger partial charge is 0.305 e. The van der Waals surface area contributed by atoms with Gasteiger partial charge in [-0.05, 0) is 18.2 Å². The maximum Gasteiger partial charge on any atom is 0.305 e. The number of halogens is 2. The van der Waals surface area contributed by atoms with Crippen LogP contribution in [0.15, 0.2) is 22.7 Å². The van der Waals surface area contributed by atoms with Gasteiger partial charge in [0.1, 0.15) is 5.82 Å². The lowest BCUT2D eigenvalue weighted by Gasteiger charge is -2.34. The average Bonchev–Trinajstić information content (AvgIpc) is 2.36. The van der Waals surface area contributed by atoms with Crippen molar-refractivity contribution in [2.75, 3.05) is 18.1 Å². The van der Waals surface area contributed by atoms with Crippen LogP contribution in [0.25, 0.3) is 0 Å². The lowest BCUT2D eigenvalue weighted by Crippen LogP contribution is -2.47. The Morgan fingerprint density at radius 2 is 2.20 bits per heavy atom. The van der Waals surface area contributed by atoms with Crippen molar-refractivity contribution in [3.05, 3.63) is 34.1 Å². The normalized spacial score (nSPS) is 18.9. The second-order valence-corrected chi connectivity index (χ2v) is 6.55. The molecule has 1 heterocycles. The summed E-state index contributed by atoms with van der Waals surface area (Å²) in [4.78, 5) is 24.8. The highest BCUT2D eigenvalue weighted by Gasteiger charge is 2.29. The van der Waals surface area contributed by atoms with E-state index in [0.717, 1.165) is 5.75 Å². The molecule has 20 heavy (non-hydrogen) atoms. The Morgan fingerprint density at radius 3 is 2.85 bits per heavy atom. The fraction of sp³-hybridized carbons (Fsp3) is 0.385. The van der Waals surface area contributed by atoms with Gasteiger partial charge < -0.3 is 10.0 Å². The van der Waals surface area contributed by atoms with Gasteiger partial charge in [-0.1, -0.05) is 15.9 Å². The average molecular weight is 362 g/mol. The minimum absolute atomic E-state index is 0.0881. The fourth-order valence-electron chi connectivity index (χ4n) is 2.14. The van der Waals surface area contributed by atoms with E-state index in [1.165, 1.54) is 17.0 Å². The van der Waals surface area contributed by atoms with E-state index >= 15 is 0 Å². The number of carboxylic acids is 1. The first kappa shape index (κ1) is 15.3. The monoisotopic (exact) mass is 361 g/mol. The van der Waals surface area contributed by atoms with Crippen molar-refractivity contribution in [3.63, 3.8) is 0 Å². The summed E-state index contributed by atoms with van der Waals surface area (Å²) >= 11 is 4.78. The van der Waals surface area contributed by atoms with E-state index < -0.39 is 11.8 Å². The van der Waals surface area contributed by atoms with E-state index in [4.69, 9.17) is 5.11 Å². The third kappa shape index (κ3) is 3.73. The first-order valence-electron chi connectivity index (χ1n) is 6.04. The minimum Gasteiger partial charge on any atom is -0.481 e. The first-order valence-corrected chi connectivity index (χ1v) is 7.99. The molecule has 0 aromatic heterocycles. The van der Waals surface area contributed by atoms with Crippen molar-refractivity contribution >= 4 is 39.6 Å². The van der Waals surface area contributed by atoms with Gasteiger partial charge in [0.2, 0.25) is 0 Å². The second kappa shape index (κ2) is 6.58.